The van der Waals surface area contributed by atoms with Gasteiger partial charge in [-0.15, -0.1) is 10.2 Å². The molecule has 1 aromatic carbocycles. The minimum atomic E-state index is -0.248. The molecule has 0 aliphatic carbocycles. The highest BCUT2D eigenvalue weighted by molar-refractivity contribution is 6.03. The molecule has 0 aliphatic heterocycles. The van der Waals surface area contributed by atoms with E-state index in [1.54, 1.807) is 12.1 Å². The van der Waals surface area contributed by atoms with Gasteiger partial charge in [-0.3, -0.25) is 4.79 Å². The van der Waals surface area contributed by atoms with Crippen LogP contribution in [0.5, 0.6) is 0 Å². The van der Waals surface area contributed by atoms with Gasteiger partial charge in [0.05, 0.1) is 0 Å². The minimum absolute atomic E-state index is 0.248. The summed E-state index contributed by atoms with van der Waals surface area (Å²) in [5, 5.41) is 14.3. The largest absolute Gasteiger partial charge is 0.369 e. The molecule has 0 spiro atoms. The Hall–Kier alpha value is -2.47. The van der Waals surface area contributed by atoms with Gasteiger partial charge in [-0.2, -0.15) is 0 Å². The second-order valence-corrected chi connectivity index (χ2v) is 6.62. The lowest BCUT2D eigenvalue weighted by atomic mass is 10.1. The molecular weight excluding hydrogens is 314 g/mol. The van der Waals surface area contributed by atoms with Gasteiger partial charge in [0.1, 0.15) is 5.82 Å². The second-order valence-electron chi connectivity index (χ2n) is 6.62. The van der Waals surface area contributed by atoms with Crippen LogP contribution < -0.4 is 10.6 Å². The fourth-order valence-electron chi connectivity index (χ4n) is 2.71. The maximum absolute atomic E-state index is 12.4. The lowest BCUT2D eigenvalue weighted by Crippen LogP contribution is -2.18. The summed E-state index contributed by atoms with van der Waals surface area (Å²) in [4.78, 5) is 14.5. The Kier molecular flexibility index (Phi) is 6.47. The molecule has 0 aliphatic rings. The molecular formula is C19H27N5O. The van der Waals surface area contributed by atoms with Crippen molar-refractivity contribution in [1.29, 1.82) is 0 Å². The van der Waals surface area contributed by atoms with Gasteiger partial charge in [0.15, 0.2) is 5.69 Å². The number of hydrogen-bond acceptors (Lipinski definition) is 5. The van der Waals surface area contributed by atoms with Crippen molar-refractivity contribution in [2.24, 2.45) is 0 Å². The number of nitrogens with one attached hydrogen (secondary N) is 2. The molecule has 0 atom stereocenters. The molecule has 134 valence electrons. The van der Waals surface area contributed by atoms with Crippen molar-refractivity contribution >= 4 is 17.4 Å². The van der Waals surface area contributed by atoms with Crippen molar-refractivity contribution in [3.63, 3.8) is 0 Å². The summed E-state index contributed by atoms with van der Waals surface area (Å²) in [5.74, 6) is 0.430. The van der Waals surface area contributed by atoms with Crippen molar-refractivity contribution < 1.29 is 4.79 Å². The molecule has 2 N–H and O–H groups in total. The maximum Gasteiger partial charge on any atom is 0.276 e. The molecule has 0 radical (unpaired) electrons. The summed E-state index contributed by atoms with van der Waals surface area (Å²) in [7, 11) is 4.09. The SMILES string of the molecule is Cc1cc(C)c(NC(=O)c2ccc(NCCCN(C)C)nn2)c(C)c1. The van der Waals surface area contributed by atoms with Crippen molar-refractivity contribution in [1.82, 2.24) is 15.1 Å². The number of hydrogen-bond donors (Lipinski definition) is 2. The molecule has 6 nitrogen and oxygen atoms in total. The van der Waals surface area contributed by atoms with Crippen molar-refractivity contribution in [2.45, 2.75) is 27.2 Å². The first kappa shape index (κ1) is 18.9. The van der Waals surface area contributed by atoms with Gasteiger partial charge in [-0.25, -0.2) is 0 Å². The van der Waals surface area contributed by atoms with E-state index in [1.165, 1.54) is 5.56 Å². The molecule has 2 aromatic rings. The number of amides is 1. The van der Waals surface area contributed by atoms with Gasteiger partial charge < -0.3 is 15.5 Å². The third-order valence-corrected chi connectivity index (χ3v) is 3.90. The predicted octanol–water partition coefficient (Wildman–Crippen LogP) is 3.02. The first-order valence-electron chi connectivity index (χ1n) is 8.48. The summed E-state index contributed by atoms with van der Waals surface area (Å²) >= 11 is 0. The molecule has 0 saturated heterocycles. The van der Waals surface area contributed by atoms with Gasteiger partial charge in [0.25, 0.3) is 5.91 Å². The Morgan fingerprint density at radius 1 is 1.08 bits per heavy atom. The predicted molar refractivity (Wildman–Crippen MR) is 102 cm³/mol. The Morgan fingerprint density at radius 2 is 1.76 bits per heavy atom. The minimum Gasteiger partial charge on any atom is -0.369 e. The van der Waals surface area contributed by atoms with Gasteiger partial charge in [-0.1, -0.05) is 17.7 Å². The third kappa shape index (κ3) is 5.53. The fraction of sp³-hybridized carbons (Fsp3) is 0.421. The number of carbonyl (C=O) groups excluding carboxylic acids is 1. The van der Waals surface area contributed by atoms with E-state index < -0.39 is 0 Å². The van der Waals surface area contributed by atoms with E-state index in [0.29, 0.717) is 11.5 Å². The highest BCUT2D eigenvalue weighted by Gasteiger charge is 2.12. The van der Waals surface area contributed by atoms with E-state index in [-0.39, 0.29) is 5.91 Å². The number of aromatic nitrogens is 2. The Labute approximate surface area is 149 Å². The van der Waals surface area contributed by atoms with Crippen molar-refractivity contribution in [2.75, 3.05) is 37.8 Å². The Morgan fingerprint density at radius 3 is 2.32 bits per heavy atom. The monoisotopic (exact) mass is 341 g/mol. The number of anilines is 2. The Balaban J connectivity index is 1.97. The molecule has 0 unspecified atom stereocenters. The number of rotatable bonds is 7. The van der Waals surface area contributed by atoms with Crippen LogP contribution in [-0.2, 0) is 0 Å². The average Bonchev–Trinajstić information content (AvgIpc) is 2.55. The molecule has 1 amide bonds. The first-order valence-corrected chi connectivity index (χ1v) is 8.48. The maximum atomic E-state index is 12.4. The highest BCUT2D eigenvalue weighted by Crippen LogP contribution is 2.22. The molecule has 2 rings (SSSR count). The van der Waals surface area contributed by atoms with Gasteiger partial charge >= 0.3 is 0 Å². The first-order chi connectivity index (χ1) is 11.9. The summed E-state index contributed by atoms with van der Waals surface area (Å²) in [5.41, 5.74) is 4.40. The quantitative estimate of drug-likeness (QED) is 0.758. The molecule has 1 heterocycles. The van der Waals surface area contributed by atoms with Crippen LogP contribution in [0.2, 0.25) is 0 Å². The number of carbonyl (C=O) groups is 1. The summed E-state index contributed by atoms with van der Waals surface area (Å²) in [6, 6.07) is 7.58. The van der Waals surface area contributed by atoms with Crippen molar-refractivity contribution in [3.8, 4) is 0 Å². The van der Waals surface area contributed by atoms with Crippen LogP contribution in [0, 0.1) is 20.8 Å². The molecule has 25 heavy (non-hydrogen) atoms. The van der Waals surface area contributed by atoms with Crippen LogP contribution in [0.1, 0.15) is 33.6 Å². The Bertz CT molecular complexity index is 702. The van der Waals surface area contributed by atoms with Gasteiger partial charge in [0, 0.05) is 12.2 Å². The van der Waals surface area contributed by atoms with Crippen LogP contribution in [0.15, 0.2) is 24.3 Å². The molecule has 6 heteroatoms. The average molecular weight is 341 g/mol. The van der Waals surface area contributed by atoms with E-state index in [0.717, 1.165) is 36.3 Å². The van der Waals surface area contributed by atoms with Crippen LogP contribution >= 0.6 is 0 Å². The lowest BCUT2D eigenvalue weighted by Gasteiger charge is -2.12. The molecule has 1 aromatic heterocycles. The molecule has 0 saturated carbocycles. The van der Waals surface area contributed by atoms with Gasteiger partial charge in [0.2, 0.25) is 0 Å². The van der Waals surface area contributed by atoms with E-state index in [2.05, 4.69) is 37.9 Å². The fourth-order valence-corrected chi connectivity index (χ4v) is 2.71. The van der Waals surface area contributed by atoms with Gasteiger partial charge in [-0.05, 0) is 71.1 Å². The normalized spacial score (nSPS) is 10.8. The standard InChI is InChI=1S/C19H27N5O/c1-13-11-14(2)18(15(3)12-13)21-19(25)16-7-8-17(23-22-16)20-9-6-10-24(4)5/h7-8,11-12H,6,9-10H2,1-5H3,(H,20,23)(H,21,25). The lowest BCUT2D eigenvalue weighted by molar-refractivity contribution is 0.102. The van der Waals surface area contributed by atoms with E-state index in [1.807, 2.05) is 34.9 Å². The topological polar surface area (TPSA) is 70.2 Å². The summed E-state index contributed by atoms with van der Waals surface area (Å²) in [6.07, 6.45) is 1.02. The molecule has 0 bridgehead atoms. The van der Waals surface area contributed by atoms with E-state index >= 15 is 0 Å². The smallest absolute Gasteiger partial charge is 0.276 e. The zero-order valence-electron chi connectivity index (χ0n) is 15.7. The number of nitrogens with zero attached hydrogens (tertiary/aromatic N) is 3. The molecule has 0 fully saturated rings. The van der Waals surface area contributed by atoms with E-state index in [9.17, 15) is 4.79 Å². The third-order valence-electron chi connectivity index (χ3n) is 3.90. The highest BCUT2D eigenvalue weighted by atomic mass is 16.1. The van der Waals surface area contributed by atoms with Crippen LogP contribution in [0.3, 0.4) is 0 Å². The van der Waals surface area contributed by atoms with Crippen molar-refractivity contribution in [3.05, 3.63) is 46.6 Å². The number of benzene rings is 1. The van der Waals surface area contributed by atoms with Crippen LogP contribution in [0.4, 0.5) is 11.5 Å². The zero-order chi connectivity index (χ0) is 18.4. The summed E-state index contributed by atoms with van der Waals surface area (Å²) < 4.78 is 0. The zero-order valence-corrected chi connectivity index (χ0v) is 15.7. The van der Waals surface area contributed by atoms with Crippen LogP contribution in [-0.4, -0.2) is 48.2 Å². The van der Waals surface area contributed by atoms with Crippen LogP contribution in [0.25, 0.3) is 0 Å². The second kappa shape index (κ2) is 8.58. The summed E-state index contributed by atoms with van der Waals surface area (Å²) in [6.45, 7) is 7.85. The number of aryl methyl sites for hydroxylation is 3. The van der Waals surface area contributed by atoms with E-state index in [4.69, 9.17) is 0 Å².